The number of hydrogen-bond donors (Lipinski definition) is 1. The van der Waals surface area contributed by atoms with E-state index in [1.54, 1.807) is 0 Å². The van der Waals surface area contributed by atoms with E-state index in [4.69, 9.17) is 5.73 Å². The van der Waals surface area contributed by atoms with Crippen molar-refractivity contribution in [1.29, 1.82) is 0 Å². The van der Waals surface area contributed by atoms with Crippen LogP contribution in [-0.2, 0) is 0 Å². The van der Waals surface area contributed by atoms with Crippen LogP contribution in [0, 0.1) is 0 Å². The van der Waals surface area contributed by atoms with Gasteiger partial charge in [0, 0.05) is 18.1 Å². The highest BCUT2D eigenvalue weighted by molar-refractivity contribution is 7.03. The minimum Gasteiger partial charge on any atom is -0.335 e. The Morgan fingerprint density at radius 1 is 1.33 bits per heavy atom. The van der Waals surface area contributed by atoms with Gasteiger partial charge in [0.15, 0.2) is 0 Å². The van der Waals surface area contributed by atoms with E-state index in [0.29, 0.717) is 18.1 Å². The third kappa shape index (κ3) is 3.03. The number of hydrogen-bond acceptors (Lipinski definition) is 1. The van der Waals surface area contributed by atoms with E-state index in [0.717, 1.165) is 5.29 Å². The van der Waals surface area contributed by atoms with Crippen LogP contribution in [0.3, 0.4) is 0 Å². The summed E-state index contributed by atoms with van der Waals surface area (Å²) < 4.78 is 0. The molecule has 0 saturated heterocycles. The lowest BCUT2D eigenvalue weighted by molar-refractivity contribution is 1.26. The normalized spacial score (nSPS) is 19.5. The minimum absolute atomic E-state index is 0.351. The van der Waals surface area contributed by atoms with Gasteiger partial charge in [0.05, 0.1) is 0 Å². The van der Waals surface area contributed by atoms with Crippen molar-refractivity contribution in [3.05, 3.63) is 0 Å². The van der Waals surface area contributed by atoms with E-state index >= 15 is 0 Å². The molecule has 0 saturated carbocycles. The molecule has 38 valence electrons. The maximum Gasteiger partial charge on any atom is 0.0199 e. The van der Waals surface area contributed by atoms with Gasteiger partial charge in [-0.3, -0.25) is 0 Å². The molecule has 0 aromatic carbocycles. The molecule has 5 heteroatoms. The van der Waals surface area contributed by atoms with Gasteiger partial charge in [-0.15, -0.1) is 0 Å². The standard InChI is InChI=1S/CH13NSi4/c2-1(5-3)6-4/h1H,2,5-6H2,3-4H3. The third-order valence-electron chi connectivity index (χ3n) is 1.05. The Labute approximate surface area is 49.1 Å². The van der Waals surface area contributed by atoms with Crippen molar-refractivity contribution >= 4 is 37.6 Å². The van der Waals surface area contributed by atoms with E-state index in [9.17, 15) is 0 Å². The van der Waals surface area contributed by atoms with Gasteiger partial charge >= 0.3 is 0 Å². The smallest absolute Gasteiger partial charge is 0.0199 e. The molecule has 0 aliphatic heterocycles. The van der Waals surface area contributed by atoms with Crippen LogP contribution in [0.1, 0.15) is 0 Å². The topological polar surface area (TPSA) is 26.0 Å². The van der Waals surface area contributed by atoms with E-state index in [-0.39, 0.29) is 0 Å². The van der Waals surface area contributed by atoms with E-state index < -0.39 is 0 Å². The fourth-order valence-electron chi connectivity index (χ4n) is 0.289. The highest BCUT2D eigenvalue weighted by Crippen LogP contribution is 1.57. The van der Waals surface area contributed by atoms with Gasteiger partial charge in [0.2, 0.25) is 0 Å². The van der Waals surface area contributed by atoms with E-state index in [2.05, 4.69) is 0 Å². The minimum atomic E-state index is 0.351. The summed E-state index contributed by atoms with van der Waals surface area (Å²) in [7, 11) is 3.61. The van der Waals surface area contributed by atoms with Crippen molar-refractivity contribution in [3.63, 3.8) is 0 Å². The summed E-state index contributed by atoms with van der Waals surface area (Å²) in [5, 5.41) is 0.836. The predicted molar refractivity (Wildman–Crippen MR) is 44.9 cm³/mol. The molecule has 1 nitrogen and oxygen atoms in total. The van der Waals surface area contributed by atoms with Crippen LogP contribution in [0.4, 0.5) is 0 Å². The van der Waals surface area contributed by atoms with Crippen LogP contribution < -0.4 is 5.73 Å². The summed E-state index contributed by atoms with van der Waals surface area (Å²) in [4.78, 5) is 0. The largest absolute Gasteiger partial charge is 0.335 e. The van der Waals surface area contributed by atoms with Gasteiger partial charge in [-0.1, -0.05) is 0 Å². The SMILES string of the molecule is NC([SiH2][SiH3])[SiH2][SiH3]. The summed E-state index contributed by atoms with van der Waals surface area (Å²) in [6.07, 6.45) is 0. The van der Waals surface area contributed by atoms with Gasteiger partial charge in [0.1, 0.15) is 0 Å². The highest BCUT2D eigenvalue weighted by atomic mass is 29.1. The second-order valence-corrected chi connectivity index (χ2v) is 11.4. The molecule has 6 heavy (non-hydrogen) atoms. The number of nitrogens with two attached hydrogens (primary N) is 1. The Balaban J connectivity index is 2.75. The lowest BCUT2D eigenvalue weighted by Crippen LogP contribution is -2.34. The van der Waals surface area contributed by atoms with Crippen molar-refractivity contribution in [2.24, 2.45) is 5.73 Å². The molecule has 0 heterocycles. The van der Waals surface area contributed by atoms with Gasteiger partial charge in [-0.05, 0) is 24.8 Å². The first-order chi connectivity index (χ1) is 2.81. The quantitative estimate of drug-likeness (QED) is 0.394. The molecule has 0 radical (unpaired) electrons. The molecule has 0 atom stereocenters. The summed E-state index contributed by atoms with van der Waals surface area (Å²) in [5.74, 6) is 0. The van der Waals surface area contributed by atoms with Crippen molar-refractivity contribution in [2.45, 2.75) is 5.29 Å². The van der Waals surface area contributed by atoms with Gasteiger partial charge < -0.3 is 5.73 Å². The molecule has 2 N–H and O–H groups in total. The van der Waals surface area contributed by atoms with Crippen molar-refractivity contribution in [1.82, 2.24) is 0 Å². The molecule has 0 bridgehead atoms. The lowest BCUT2D eigenvalue weighted by atomic mass is 11.5. The van der Waals surface area contributed by atoms with Crippen LogP contribution in [0.25, 0.3) is 0 Å². The predicted octanol–water partition coefficient (Wildman–Crippen LogP) is -4.87. The lowest BCUT2D eigenvalue weighted by Gasteiger charge is -1.98. The molecule has 0 aromatic heterocycles. The molecule has 0 fully saturated rings. The van der Waals surface area contributed by atoms with E-state index in [1.165, 1.54) is 19.5 Å². The first-order valence-electron chi connectivity index (χ1n) is 2.56. The van der Waals surface area contributed by atoms with Gasteiger partial charge in [-0.2, -0.15) is 0 Å². The Kier molecular flexibility index (Phi) is 4.55. The van der Waals surface area contributed by atoms with Crippen LogP contribution in [0.15, 0.2) is 0 Å². The zero-order chi connectivity index (χ0) is 4.99. The molecule has 0 amide bonds. The van der Waals surface area contributed by atoms with Crippen molar-refractivity contribution in [2.75, 3.05) is 0 Å². The van der Waals surface area contributed by atoms with E-state index in [1.807, 2.05) is 0 Å². The summed E-state index contributed by atoms with van der Waals surface area (Å²) >= 11 is 0. The zero-order valence-corrected chi connectivity index (χ0v) is 11.4. The average Bonchev–Trinajstić information content (AvgIpc) is 1.65. The zero-order valence-electron chi connectivity index (χ0n) is 4.57. The molecule has 0 rings (SSSR count). The van der Waals surface area contributed by atoms with Crippen molar-refractivity contribution < 1.29 is 0 Å². The Hall–Kier alpha value is 0.828. The maximum absolute atomic E-state index is 5.67. The Bertz CT molecular complexity index is 26.7. The molecule has 0 aromatic rings. The Morgan fingerprint density at radius 2 is 1.67 bits per heavy atom. The third-order valence-corrected chi connectivity index (χ3v) is 19.8. The molecule has 0 spiro atoms. The molecular weight excluding hydrogens is 138 g/mol. The maximum atomic E-state index is 5.67. The average molecular weight is 151 g/mol. The van der Waals surface area contributed by atoms with Crippen LogP contribution in [0.2, 0.25) is 0 Å². The molecular formula is CH13NSi4. The second kappa shape index (κ2) is 4.00. The van der Waals surface area contributed by atoms with Gasteiger partial charge in [0.25, 0.3) is 0 Å². The molecule has 0 aliphatic rings. The number of rotatable bonds is 2. The fourth-order valence-corrected chi connectivity index (χ4v) is 23.4. The first kappa shape index (κ1) is 6.83. The second-order valence-electron chi connectivity index (χ2n) is 1.58. The van der Waals surface area contributed by atoms with Crippen LogP contribution in [0.5, 0.6) is 0 Å². The van der Waals surface area contributed by atoms with Crippen molar-refractivity contribution in [3.8, 4) is 0 Å². The fraction of sp³-hybridized carbons (Fsp3) is 1.00. The summed E-state index contributed by atoms with van der Waals surface area (Å²) in [6, 6.07) is 0. The first-order valence-corrected chi connectivity index (χ1v) is 15.5. The molecule has 0 unspecified atom stereocenters. The van der Waals surface area contributed by atoms with Gasteiger partial charge in [-0.25, -0.2) is 0 Å². The Morgan fingerprint density at radius 3 is 1.67 bits per heavy atom. The van der Waals surface area contributed by atoms with Crippen LogP contribution >= 0.6 is 0 Å². The highest BCUT2D eigenvalue weighted by Gasteiger charge is 1.90. The summed E-state index contributed by atoms with van der Waals surface area (Å²) in [6.45, 7) is 0. The van der Waals surface area contributed by atoms with Crippen LogP contribution in [-0.4, -0.2) is 42.9 Å². The summed E-state index contributed by atoms with van der Waals surface area (Å²) in [5.41, 5.74) is 5.67. The monoisotopic (exact) mass is 151 g/mol. The molecule has 0 aliphatic carbocycles.